The summed E-state index contributed by atoms with van der Waals surface area (Å²) in [6.45, 7) is 0. The van der Waals surface area contributed by atoms with Crippen LogP contribution in [0.3, 0.4) is 0 Å². The molecule has 0 aliphatic rings. The Hall–Kier alpha value is -2.79. The van der Waals surface area contributed by atoms with E-state index in [1.807, 2.05) is 0 Å². The molecule has 0 aliphatic carbocycles. The van der Waals surface area contributed by atoms with Crippen molar-refractivity contribution < 1.29 is 44.6 Å². The number of phenols is 1. The zero-order valence-electron chi connectivity index (χ0n) is 13.4. The Bertz CT molecular complexity index is 844. The Morgan fingerprint density at radius 3 is 1.36 bits per heavy atom. The van der Waals surface area contributed by atoms with Gasteiger partial charge in [-0.3, -0.25) is 0 Å². The number of benzene rings is 2. The summed E-state index contributed by atoms with van der Waals surface area (Å²) >= 11 is 0. The maximum absolute atomic E-state index is 13.8. The van der Waals surface area contributed by atoms with Crippen molar-refractivity contribution in [2.24, 2.45) is 10.2 Å². The van der Waals surface area contributed by atoms with Crippen LogP contribution in [0.5, 0.6) is 5.75 Å². The number of phenolic OH excluding ortho intramolecular Hbond substituents is 1. The summed E-state index contributed by atoms with van der Waals surface area (Å²) in [5, 5.41) is 16.3. The third-order valence-electron chi connectivity index (χ3n) is 3.51. The van der Waals surface area contributed by atoms with Gasteiger partial charge < -0.3 is 5.11 Å². The highest BCUT2D eigenvalue weighted by Gasteiger charge is 2.81. The van der Waals surface area contributed by atoms with Gasteiger partial charge in [-0.15, -0.1) is 0 Å². The van der Waals surface area contributed by atoms with Crippen molar-refractivity contribution >= 4 is 11.4 Å². The first-order chi connectivity index (χ1) is 12.7. The number of hydrogen-bond donors (Lipinski definition) is 1. The fourth-order valence-corrected chi connectivity index (χ4v) is 1.93. The predicted molar refractivity (Wildman–Crippen MR) is 78.6 cm³/mol. The van der Waals surface area contributed by atoms with Crippen LogP contribution in [0.25, 0.3) is 0 Å². The van der Waals surface area contributed by atoms with E-state index < -0.39 is 29.5 Å². The molecule has 0 spiro atoms. The molecule has 152 valence electrons. The van der Waals surface area contributed by atoms with Crippen LogP contribution in [0.2, 0.25) is 0 Å². The molecule has 0 aromatic heterocycles. The Morgan fingerprint density at radius 2 is 0.964 bits per heavy atom. The van der Waals surface area contributed by atoms with Crippen molar-refractivity contribution in [3.05, 3.63) is 54.1 Å². The molecule has 28 heavy (non-hydrogen) atoms. The molecule has 0 saturated heterocycles. The summed E-state index contributed by atoms with van der Waals surface area (Å²) in [6, 6.07) is 7.06. The third kappa shape index (κ3) is 3.76. The maximum atomic E-state index is 13.8. The Balaban J connectivity index is 2.29. The summed E-state index contributed by atoms with van der Waals surface area (Å²) < 4.78 is 116. The van der Waals surface area contributed by atoms with Crippen LogP contribution in [0.4, 0.5) is 50.9 Å². The molecule has 0 saturated carbocycles. The van der Waals surface area contributed by atoms with Gasteiger partial charge in [0.05, 0.1) is 11.4 Å². The number of alkyl halides is 9. The smallest absolute Gasteiger partial charge is 0.460 e. The second kappa shape index (κ2) is 6.99. The Labute approximate surface area is 151 Å². The third-order valence-corrected chi connectivity index (χ3v) is 3.51. The van der Waals surface area contributed by atoms with Crippen LogP contribution in [0, 0.1) is 0 Å². The van der Waals surface area contributed by atoms with Gasteiger partial charge in [-0.1, -0.05) is 12.1 Å². The molecule has 0 radical (unpaired) electrons. The van der Waals surface area contributed by atoms with E-state index >= 15 is 0 Å². The Morgan fingerprint density at radius 1 is 0.571 bits per heavy atom. The van der Waals surface area contributed by atoms with Crippen LogP contribution < -0.4 is 0 Å². The largest absolute Gasteiger partial charge is 0.508 e. The minimum Gasteiger partial charge on any atom is -0.508 e. The lowest BCUT2D eigenvalue weighted by Crippen LogP contribution is -2.59. The SMILES string of the molecule is Oc1ccc(N=Nc2ccc(C(F)(F)C(F)(F)C(F)(F)C(F)(F)F)cc2)cc1. The number of hydrogen-bond acceptors (Lipinski definition) is 3. The summed E-state index contributed by atoms with van der Waals surface area (Å²) in [6.07, 6.45) is -6.88. The van der Waals surface area contributed by atoms with Crippen molar-refractivity contribution in [3.8, 4) is 5.75 Å². The standard InChI is InChI=1S/C16H9F9N2O/c17-13(18,14(19,20)15(21,22)16(23,24)25)9-1-3-10(4-2-9)26-27-11-5-7-12(28)8-6-11/h1-8,28H. The number of halogens is 9. The molecule has 0 atom stereocenters. The summed E-state index contributed by atoms with van der Waals surface area (Å²) in [7, 11) is 0. The quantitative estimate of drug-likeness (QED) is 0.426. The van der Waals surface area contributed by atoms with Crippen molar-refractivity contribution in [3.63, 3.8) is 0 Å². The molecule has 0 aliphatic heterocycles. The minimum absolute atomic E-state index is 0.0675. The van der Waals surface area contributed by atoms with E-state index in [0.717, 1.165) is 0 Å². The van der Waals surface area contributed by atoms with Crippen LogP contribution in [0.15, 0.2) is 58.8 Å². The molecule has 2 aromatic rings. The molecule has 0 heterocycles. The molecular formula is C16H9F9N2O. The molecule has 2 aromatic carbocycles. The van der Waals surface area contributed by atoms with Crippen LogP contribution in [0.1, 0.15) is 5.56 Å². The van der Waals surface area contributed by atoms with Gasteiger partial charge in [0.2, 0.25) is 0 Å². The predicted octanol–water partition coefficient (Wildman–Crippen LogP) is 6.73. The van der Waals surface area contributed by atoms with Gasteiger partial charge in [0, 0.05) is 5.56 Å². The van der Waals surface area contributed by atoms with Crippen molar-refractivity contribution in [1.29, 1.82) is 0 Å². The monoisotopic (exact) mass is 416 g/mol. The number of azo groups is 1. The van der Waals surface area contributed by atoms with Crippen LogP contribution >= 0.6 is 0 Å². The van der Waals surface area contributed by atoms with Gasteiger partial charge in [-0.05, 0) is 36.4 Å². The lowest BCUT2D eigenvalue weighted by molar-refractivity contribution is -0.399. The lowest BCUT2D eigenvalue weighted by Gasteiger charge is -2.33. The zero-order chi connectivity index (χ0) is 21.4. The highest BCUT2D eigenvalue weighted by atomic mass is 19.4. The molecule has 3 nitrogen and oxygen atoms in total. The summed E-state index contributed by atoms with van der Waals surface area (Å²) in [4.78, 5) is 0. The molecule has 0 bridgehead atoms. The molecular weight excluding hydrogens is 407 g/mol. The topological polar surface area (TPSA) is 45.0 Å². The molecule has 0 fully saturated rings. The fraction of sp³-hybridized carbons (Fsp3) is 0.250. The molecule has 1 N–H and O–H groups in total. The summed E-state index contributed by atoms with van der Waals surface area (Å²) in [5.41, 5.74) is -1.70. The van der Waals surface area contributed by atoms with Gasteiger partial charge in [0.15, 0.2) is 0 Å². The first-order valence-corrected chi connectivity index (χ1v) is 7.21. The van der Waals surface area contributed by atoms with E-state index in [4.69, 9.17) is 5.11 Å². The molecule has 2 rings (SSSR count). The van der Waals surface area contributed by atoms with E-state index in [1.54, 1.807) is 0 Å². The van der Waals surface area contributed by atoms with Gasteiger partial charge in [-0.2, -0.15) is 49.7 Å². The van der Waals surface area contributed by atoms with Crippen LogP contribution in [-0.4, -0.2) is 23.1 Å². The lowest BCUT2D eigenvalue weighted by atomic mass is 9.96. The number of aromatic hydroxyl groups is 1. The van der Waals surface area contributed by atoms with Gasteiger partial charge in [0.1, 0.15) is 5.75 Å². The Kier molecular flexibility index (Phi) is 5.37. The van der Waals surface area contributed by atoms with E-state index in [9.17, 15) is 39.5 Å². The van der Waals surface area contributed by atoms with E-state index in [-0.39, 0.29) is 29.3 Å². The van der Waals surface area contributed by atoms with Gasteiger partial charge in [0.25, 0.3) is 0 Å². The average Bonchev–Trinajstić information content (AvgIpc) is 2.60. The normalized spacial score (nSPS) is 13.9. The highest BCUT2D eigenvalue weighted by Crippen LogP contribution is 2.56. The number of rotatable bonds is 5. The van der Waals surface area contributed by atoms with Gasteiger partial charge in [-0.25, -0.2) is 0 Å². The van der Waals surface area contributed by atoms with Crippen LogP contribution in [-0.2, 0) is 5.92 Å². The maximum Gasteiger partial charge on any atom is 0.460 e. The molecule has 0 unspecified atom stereocenters. The van der Waals surface area contributed by atoms with Crippen molar-refractivity contribution in [2.45, 2.75) is 23.9 Å². The average molecular weight is 416 g/mol. The first-order valence-electron chi connectivity index (χ1n) is 7.21. The molecule has 12 heteroatoms. The minimum atomic E-state index is -6.96. The molecule has 0 amide bonds. The number of nitrogens with zero attached hydrogens (tertiary/aromatic N) is 2. The van der Waals surface area contributed by atoms with E-state index in [1.165, 1.54) is 24.3 Å². The second-order valence-corrected chi connectivity index (χ2v) is 5.48. The van der Waals surface area contributed by atoms with E-state index in [0.29, 0.717) is 12.1 Å². The fourth-order valence-electron chi connectivity index (χ4n) is 1.93. The first kappa shape index (κ1) is 21.5. The highest BCUT2D eigenvalue weighted by molar-refractivity contribution is 5.43. The van der Waals surface area contributed by atoms with Gasteiger partial charge >= 0.3 is 23.9 Å². The zero-order valence-corrected chi connectivity index (χ0v) is 13.4. The van der Waals surface area contributed by atoms with E-state index in [2.05, 4.69) is 10.2 Å². The second-order valence-electron chi connectivity index (χ2n) is 5.48. The van der Waals surface area contributed by atoms with Crippen molar-refractivity contribution in [1.82, 2.24) is 0 Å². The summed E-state index contributed by atoms with van der Waals surface area (Å²) in [5.74, 6) is -19.6. The van der Waals surface area contributed by atoms with Crippen molar-refractivity contribution in [2.75, 3.05) is 0 Å².